The minimum atomic E-state index is -0.995. The molecule has 2 rings (SSSR count). The monoisotopic (exact) mass is 276 g/mol. The van der Waals surface area contributed by atoms with Gasteiger partial charge in [-0.3, -0.25) is 0 Å². The van der Waals surface area contributed by atoms with Crippen molar-refractivity contribution in [3.05, 3.63) is 29.8 Å². The van der Waals surface area contributed by atoms with E-state index in [0.29, 0.717) is 11.6 Å². The average molecular weight is 276 g/mol. The number of piperidine rings is 1. The fourth-order valence-corrected chi connectivity index (χ4v) is 2.52. The fourth-order valence-electron chi connectivity index (χ4n) is 2.52. The number of carboxylic acids is 1. The second-order valence-corrected chi connectivity index (χ2v) is 5.18. The number of urea groups is 1. The maximum Gasteiger partial charge on any atom is 0.335 e. The van der Waals surface area contributed by atoms with E-state index < -0.39 is 5.97 Å². The van der Waals surface area contributed by atoms with Crippen molar-refractivity contribution in [2.45, 2.75) is 26.2 Å². The Kier molecular flexibility index (Phi) is 4.61. The third kappa shape index (κ3) is 3.50. The molecule has 5 nitrogen and oxygen atoms in total. The smallest absolute Gasteiger partial charge is 0.335 e. The van der Waals surface area contributed by atoms with Crippen LogP contribution < -0.4 is 5.32 Å². The lowest BCUT2D eigenvalue weighted by Crippen LogP contribution is -2.42. The Morgan fingerprint density at radius 3 is 2.95 bits per heavy atom. The van der Waals surface area contributed by atoms with Crippen LogP contribution in [0.2, 0.25) is 0 Å². The number of hydrogen-bond acceptors (Lipinski definition) is 2. The molecule has 0 saturated carbocycles. The first-order valence-corrected chi connectivity index (χ1v) is 6.99. The average Bonchev–Trinajstić information content (AvgIpc) is 2.47. The number of carbonyl (C=O) groups is 2. The van der Waals surface area contributed by atoms with E-state index in [1.54, 1.807) is 12.1 Å². The Bertz CT molecular complexity index is 502. The molecule has 1 aromatic carbocycles. The Hall–Kier alpha value is -2.04. The van der Waals surface area contributed by atoms with Gasteiger partial charge in [0, 0.05) is 18.8 Å². The number of aromatic carboxylic acids is 1. The fraction of sp³-hybridized carbons (Fsp3) is 0.467. The van der Waals surface area contributed by atoms with Crippen LogP contribution in [0.25, 0.3) is 0 Å². The van der Waals surface area contributed by atoms with Crippen molar-refractivity contribution in [2.24, 2.45) is 5.92 Å². The van der Waals surface area contributed by atoms with Crippen molar-refractivity contribution in [1.29, 1.82) is 0 Å². The van der Waals surface area contributed by atoms with Gasteiger partial charge in [-0.2, -0.15) is 0 Å². The number of rotatable bonds is 3. The quantitative estimate of drug-likeness (QED) is 0.891. The predicted molar refractivity (Wildman–Crippen MR) is 77.0 cm³/mol. The van der Waals surface area contributed by atoms with Crippen molar-refractivity contribution >= 4 is 17.7 Å². The van der Waals surface area contributed by atoms with Gasteiger partial charge in [-0.15, -0.1) is 0 Å². The molecule has 0 radical (unpaired) electrons. The highest BCUT2D eigenvalue weighted by molar-refractivity contribution is 5.93. The predicted octanol–water partition coefficient (Wildman–Crippen LogP) is 3.04. The number of likely N-dealkylation sites (tertiary alicyclic amines) is 1. The summed E-state index contributed by atoms with van der Waals surface area (Å²) in [6.45, 7) is 3.68. The molecular weight excluding hydrogens is 256 g/mol. The third-order valence-electron chi connectivity index (χ3n) is 3.74. The van der Waals surface area contributed by atoms with E-state index in [2.05, 4.69) is 12.2 Å². The molecule has 1 aromatic rings. The first-order chi connectivity index (χ1) is 9.60. The van der Waals surface area contributed by atoms with E-state index in [0.717, 1.165) is 25.9 Å². The summed E-state index contributed by atoms with van der Waals surface area (Å²) in [5, 5.41) is 11.7. The molecule has 1 heterocycles. The van der Waals surface area contributed by atoms with Gasteiger partial charge in [0.2, 0.25) is 0 Å². The van der Waals surface area contributed by atoms with Crippen LogP contribution >= 0.6 is 0 Å². The third-order valence-corrected chi connectivity index (χ3v) is 3.74. The summed E-state index contributed by atoms with van der Waals surface area (Å²) in [7, 11) is 0. The van der Waals surface area contributed by atoms with Crippen molar-refractivity contribution in [1.82, 2.24) is 4.90 Å². The summed E-state index contributed by atoms with van der Waals surface area (Å²) in [4.78, 5) is 24.9. The molecule has 108 valence electrons. The number of carbonyl (C=O) groups excluding carboxylic acids is 1. The Balaban J connectivity index is 2.00. The molecule has 20 heavy (non-hydrogen) atoms. The lowest BCUT2D eigenvalue weighted by molar-refractivity contribution is 0.0697. The van der Waals surface area contributed by atoms with E-state index in [4.69, 9.17) is 5.11 Å². The Morgan fingerprint density at radius 2 is 2.25 bits per heavy atom. The first-order valence-electron chi connectivity index (χ1n) is 6.99. The van der Waals surface area contributed by atoms with Crippen molar-refractivity contribution in [2.75, 3.05) is 18.4 Å². The summed E-state index contributed by atoms with van der Waals surface area (Å²) in [5.41, 5.74) is 0.696. The highest BCUT2D eigenvalue weighted by Gasteiger charge is 2.22. The van der Waals surface area contributed by atoms with Crippen LogP contribution in [0.5, 0.6) is 0 Å². The van der Waals surface area contributed by atoms with Crippen molar-refractivity contribution in [3.63, 3.8) is 0 Å². The Morgan fingerprint density at radius 1 is 1.45 bits per heavy atom. The molecule has 0 bridgehead atoms. The van der Waals surface area contributed by atoms with Gasteiger partial charge in [0.15, 0.2) is 0 Å². The second-order valence-electron chi connectivity index (χ2n) is 5.18. The molecule has 1 saturated heterocycles. The van der Waals surface area contributed by atoms with E-state index in [-0.39, 0.29) is 11.6 Å². The number of benzene rings is 1. The summed E-state index contributed by atoms with van der Waals surface area (Å²) >= 11 is 0. The molecule has 1 aliphatic rings. The minimum Gasteiger partial charge on any atom is -0.478 e. The molecule has 2 N–H and O–H groups in total. The molecule has 0 aliphatic carbocycles. The van der Waals surface area contributed by atoms with Gasteiger partial charge in [-0.1, -0.05) is 19.4 Å². The molecule has 2 amide bonds. The standard InChI is InChI=1S/C15H20N2O3/c1-2-11-5-4-8-17(10-11)15(20)16-13-7-3-6-12(9-13)14(18)19/h3,6-7,9,11H,2,4-5,8,10H2,1H3,(H,16,20)(H,18,19). The Labute approximate surface area is 118 Å². The lowest BCUT2D eigenvalue weighted by atomic mass is 9.96. The number of anilines is 1. The molecule has 1 fully saturated rings. The SMILES string of the molecule is CCC1CCCN(C(=O)Nc2cccc(C(=O)O)c2)C1. The van der Waals surface area contributed by atoms with Gasteiger partial charge < -0.3 is 15.3 Å². The summed E-state index contributed by atoms with van der Waals surface area (Å²) < 4.78 is 0. The zero-order chi connectivity index (χ0) is 14.5. The number of carboxylic acid groups (broad SMARTS) is 1. The summed E-state index contributed by atoms with van der Waals surface area (Å²) in [6.07, 6.45) is 3.29. The number of nitrogens with zero attached hydrogens (tertiary/aromatic N) is 1. The van der Waals surface area contributed by atoms with Gasteiger partial charge in [0.05, 0.1) is 5.56 Å². The van der Waals surface area contributed by atoms with Crippen molar-refractivity contribution in [3.8, 4) is 0 Å². The molecular formula is C15H20N2O3. The van der Waals surface area contributed by atoms with Crippen LogP contribution in [0.1, 0.15) is 36.5 Å². The molecule has 0 aromatic heterocycles. The van der Waals surface area contributed by atoms with E-state index in [1.807, 2.05) is 4.90 Å². The zero-order valence-corrected chi connectivity index (χ0v) is 11.6. The van der Waals surface area contributed by atoms with Crippen LogP contribution in [0.3, 0.4) is 0 Å². The van der Waals surface area contributed by atoms with Crippen LogP contribution in [0, 0.1) is 5.92 Å². The van der Waals surface area contributed by atoms with Gasteiger partial charge >= 0.3 is 12.0 Å². The second kappa shape index (κ2) is 6.41. The highest BCUT2D eigenvalue weighted by atomic mass is 16.4. The van der Waals surface area contributed by atoms with E-state index in [1.165, 1.54) is 18.6 Å². The molecule has 1 unspecified atom stereocenters. The maximum absolute atomic E-state index is 12.2. The maximum atomic E-state index is 12.2. The topological polar surface area (TPSA) is 69.6 Å². The molecule has 1 atom stereocenters. The van der Waals surface area contributed by atoms with Gasteiger partial charge in [-0.25, -0.2) is 9.59 Å². The zero-order valence-electron chi connectivity index (χ0n) is 11.6. The first kappa shape index (κ1) is 14.4. The van der Waals surface area contributed by atoms with Gasteiger partial charge in [0.1, 0.15) is 0 Å². The summed E-state index contributed by atoms with van der Waals surface area (Å²) in [5.74, 6) is -0.426. The summed E-state index contributed by atoms with van der Waals surface area (Å²) in [6, 6.07) is 6.16. The van der Waals surface area contributed by atoms with Gasteiger partial charge in [-0.05, 0) is 37.0 Å². The van der Waals surface area contributed by atoms with E-state index >= 15 is 0 Å². The number of amides is 2. The highest BCUT2D eigenvalue weighted by Crippen LogP contribution is 2.20. The number of hydrogen-bond donors (Lipinski definition) is 2. The van der Waals surface area contributed by atoms with Crippen LogP contribution in [-0.4, -0.2) is 35.1 Å². The van der Waals surface area contributed by atoms with Crippen LogP contribution in [0.15, 0.2) is 24.3 Å². The van der Waals surface area contributed by atoms with E-state index in [9.17, 15) is 9.59 Å². The largest absolute Gasteiger partial charge is 0.478 e. The molecule has 5 heteroatoms. The van der Waals surface area contributed by atoms with Crippen molar-refractivity contribution < 1.29 is 14.7 Å². The lowest BCUT2D eigenvalue weighted by Gasteiger charge is -2.32. The van der Waals surface area contributed by atoms with Crippen LogP contribution in [0.4, 0.5) is 10.5 Å². The minimum absolute atomic E-state index is 0.148. The normalized spacial score (nSPS) is 18.6. The van der Waals surface area contributed by atoms with Crippen LogP contribution in [-0.2, 0) is 0 Å². The number of nitrogens with one attached hydrogen (secondary N) is 1. The molecule has 0 spiro atoms. The van der Waals surface area contributed by atoms with Gasteiger partial charge in [0.25, 0.3) is 0 Å². The molecule has 1 aliphatic heterocycles.